The molecule has 1 aromatic carbocycles. The molecule has 0 aliphatic carbocycles. The summed E-state index contributed by atoms with van der Waals surface area (Å²) in [5.41, 5.74) is 4.18. The van der Waals surface area contributed by atoms with Crippen LogP contribution in [0.4, 0.5) is 0 Å². The van der Waals surface area contributed by atoms with Crippen LogP contribution in [0.25, 0.3) is 5.69 Å². The molecular weight excluding hydrogens is 220 g/mol. The van der Waals surface area contributed by atoms with Crippen LogP contribution in [0.3, 0.4) is 0 Å². The molecule has 2 aromatic rings. The Hall–Kier alpha value is -1.57. The van der Waals surface area contributed by atoms with Gasteiger partial charge in [0.25, 0.3) is 0 Å². The van der Waals surface area contributed by atoms with Crippen LogP contribution in [0.1, 0.15) is 50.7 Å². The summed E-state index contributed by atoms with van der Waals surface area (Å²) in [6.07, 6.45) is 6.35. The highest BCUT2D eigenvalue weighted by Gasteiger charge is 2.19. The molecule has 0 atom stereocenters. The molecule has 0 aliphatic rings. The van der Waals surface area contributed by atoms with Crippen LogP contribution in [0, 0.1) is 0 Å². The fraction of sp³-hybridized carbons (Fsp3) is 0.438. The summed E-state index contributed by atoms with van der Waals surface area (Å²) in [6.45, 7) is 9.03. The van der Waals surface area contributed by atoms with E-state index in [2.05, 4.69) is 80.8 Å². The highest BCUT2D eigenvalue weighted by Crippen LogP contribution is 2.30. The number of rotatable bonds is 3. The zero-order valence-corrected chi connectivity index (χ0v) is 12.0. The maximum atomic E-state index is 2.26. The Morgan fingerprint density at radius 2 is 1.56 bits per heavy atom. The molecule has 2 nitrogen and oxygen atoms in total. The number of imidazole rings is 1. The van der Waals surface area contributed by atoms with E-state index in [-0.39, 0.29) is 0 Å². The van der Waals surface area contributed by atoms with Gasteiger partial charge in [-0.1, -0.05) is 45.9 Å². The van der Waals surface area contributed by atoms with Crippen molar-refractivity contribution in [2.75, 3.05) is 0 Å². The third-order valence-corrected chi connectivity index (χ3v) is 3.37. The molecule has 2 rings (SSSR count). The largest absolute Gasteiger partial charge is 0.248 e. The van der Waals surface area contributed by atoms with E-state index in [9.17, 15) is 0 Å². The van der Waals surface area contributed by atoms with E-state index in [0.717, 1.165) is 0 Å². The summed E-state index contributed by atoms with van der Waals surface area (Å²) in [5.74, 6) is 1.07. The molecule has 2 heteroatoms. The van der Waals surface area contributed by atoms with Gasteiger partial charge in [0.2, 0.25) is 6.33 Å². The quantitative estimate of drug-likeness (QED) is 0.729. The lowest BCUT2D eigenvalue weighted by molar-refractivity contribution is -0.670. The van der Waals surface area contributed by atoms with E-state index in [1.54, 1.807) is 0 Å². The molecule has 1 aromatic heterocycles. The normalized spacial score (nSPS) is 11.5. The van der Waals surface area contributed by atoms with Gasteiger partial charge in [0.15, 0.2) is 0 Å². The second-order valence-electron chi connectivity index (χ2n) is 5.58. The third kappa shape index (κ3) is 2.33. The zero-order chi connectivity index (χ0) is 13.3. The number of aryl methyl sites for hydroxylation is 1. The second kappa shape index (κ2) is 4.97. The molecule has 0 N–H and O–H groups in total. The SMILES string of the molecule is CC(C)c1cccc(C(C)C)c1-n1cc[n+](C)c1. The molecule has 0 bridgehead atoms. The van der Waals surface area contributed by atoms with Gasteiger partial charge in [-0.3, -0.25) is 0 Å². The summed E-state index contributed by atoms with van der Waals surface area (Å²) in [6, 6.07) is 6.66. The number of nitrogens with zero attached hydrogens (tertiary/aromatic N) is 2. The molecular formula is C16H23N2+. The monoisotopic (exact) mass is 243 g/mol. The summed E-state index contributed by atoms with van der Waals surface area (Å²) >= 11 is 0. The van der Waals surface area contributed by atoms with Crippen LogP contribution in [0.5, 0.6) is 0 Å². The maximum Gasteiger partial charge on any atom is 0.248 e. The zero-order valence-electron chi connectivity index (χ0n) is 12.0. The van der Waals surface area contributed by atoms with Gasteiger partial charge in [0.05, 0.1) is 7.05 Å². The Balaban J connectivity index is 2.68. The molecule has 0 spiro atoms. The maximum absolute atomic E-state index is 2.26. The Morgan fingerprint density at radius 1 is 1.00 bits per heavy atom. The van der Waals surface area contributed by atoms with Crippen LogP contribution in [0.2, 0.25) is 0 Å². The average molecular weight is 243 g/mol. The Morgan fingerprint density at radius 3 is 1.94 bits per heavy atom. The van der Waals surface area contributed by atoms with Crippen LogP contribution in [-0.4, -0.2) is 4.57 Å². The number of para-hydroxylation sites is 1. The summed E-state index contributed by atoms with van der Waals surface area (Å²) in [5, 5.41) is 0. The molecule has 0 saturated heterocycles. The first-order valence-corrected chi connectivity index (χ1v) is 6.67. The van der Waals surface area contributed by atoms with Crippen LogP contribution in [-0.2, 0) is 7.05 Å². The fourth-order valence-electron chi connectivity index (χ4n) is 2.39. The summed E-state index contributed by atoms with van der Waals surface area (Å²) in [7, 11) is 2.06. The van der Waals surface area contributed by atoms with Gasteiger partial charge in [-0.25, -0.2) is 9.13 Å². The van der Waals surface area contributed by atoms with Gasteiger partial charge in [-0.2, -0.15) is 0 Å². The standard InChI is InChI=1S/C16H23N2/c1-12(2)14-7-6-8-15(13(3)4)16(14)18-10-9-17(5)11-18/h6-13H,1-5H3/q+1. The Labute approximate surface area is 110 Å². The van der Waals surface area contributed by atoms with Crippen LogP contribution >= 0.6 is 0 Å². The molecule has 0 fully saturated rings. The Kier molecular flexibility index (Phi) is 3.55. The van der Waals surface area contributed by atoms with E-state index >= 15 is 0 Å². The minimum Gasteiger partial charge on any atom is -0.239 e. The van der Waals surface area contributed by atoms with Gasteiger partial charge in [-0.15, -0.1) is 0 Å². The lowest BCUT2D eigenvalue weighted by Gasteiger charge is -2.16. The van der Waals surface area contributed by atoms with E-state index in [0.29, 0.717) is 11.8 Å². The van der Waals surface area contributed by atoms with Crippen molar-refractivity contribution in [2.24, 2.45) is 7.05 Å². The van der Waals surface area contributed by atoms with Crippen LogP contribution in [0.15, 0.2) is 36.9 Å². The number of aromatic nitrogens is 2. The highest BCUT2D eigenvalue weighted by molar-refractivity contribution is 5.50. The minimum absolute atomic E-state index is 0.534. The molecule has 0 unspecified atom stereocenters. The molecule has 0 aliphatic heterocycles. The van der Waals surface area contributed by atoms with Crippen molar-refractivity contribution < 1.29 is 4.57 Å². The topological polar surface area (TPSA) is 8.81 Å². The molecule has 0 amide bonds. The molecule has 0 radical (unpaired) electrons. The lowest BCUT2D eigenvalue weighted by atomic mass is 9.92. The van der Waals surface area contributed by atoms with Gasteiger partial charge < -0.3 is 0 Å². The van der Waals surface area contributed by atoms with Crippen molar-refractivity contribution in [3.05, 3.63) is 48.0 Å². The first kappa shape index (κ1) is 12.9. The van der Waals surface area contributed by atoms with Gasteiger partial charge in [0, 0.05) is 11.1 Å². The van der Waals surface area contributed by atoms with Crippen molar-refractivity contribution in [3.8, 4) is 5.69 Å². The fourth-order valence-corrected chi connectivity index (χ4v) is 2.39. The molecule has 1 heterocycles. The summed E-state index contributed by atoms with van der Waals surface area (Å²) < 4.78 is 4.33. The van der Waals surface area contributed by atoms with Crippen molar-refractivity contribution >= 4 is 0 Å². The van der Waals surface area contributed by atoms with Crippen molar-refractivity contribution in [1.82, 2.24) is 4.57 Å². The highest BCUT2D eigenvalue weighted by atomic mass is 15.1. The van der Waals surface area contributed by atoms with E-state index < -0.39 is 0 Å². The van der Waals surface area contributed by atoms with E-state index in [1.807, 2.05) is 0 Å². The van der Waals surface area contributed by atoms with Crippen molar-refractivity contribution in [1.29, 1.82) is 0 Å². The van der Waals surface area contributed by atoms with Gasteiger partial charge in [0.1, 0.15) is 18.1 Å². The third-order valence-electron chi connectivity index (χ3n) is 3.37. The molecule has 0 saturated carbocycles. The average Bonchev–Trinajstić information content (AvgIpc) is 2.74. The van der Waals surface area contributed by atoms with E-state index in [1.165, 1.54) is 16.8 Å². The second-order valence-corrected chi connectivity index (χ2v) is 5.58. The predicted octanol–water partition coefficient (Wildman–Crippen LogP) is 3.55. The van der Waals surface area contributed by atoms with Gasteiger partial charge in [-0.05, 0) is 11.8 Å². The lowest BCUT2D eigenvalue weighted by Crippen LogP contribution is -2.23. The van der Waals surface area contributed by atoms with Gasteiger partial charge >= 0.3 is 0 Å². The molecule has 18 heavy (non-hydrogen) atoms. The van der Waals surface area contributed by atoms with E-state index in [4.69, 9.17) is 0 Å². The van der Waals surface area contributed by atoms with Crippen molar-refractivity contribution in [2.45, 2.75) is 39.5 Å². The first-order chi connectivity index (χ1) is 8.50. The predicted molar refractivity (Wildman–Crippen MR) is 75.1 cm³/mol. The number of hydrogen-bond donors (Lipinski definition) is 0. The van der Waals surface area contributed by atoms with Crippen molar-refractivity contribution in [3.63, 3.8) is 0 Å². The number of benzene rings is 1. The summed E-state index contributed by atoms with van der Waals surface area (Å²) in [4.78, 5) is 0. The first-order valence-electron chi connectivity index (χ1n) is 6.67. The van der Waals surface area contributed by atoms with Crippen LogP contribution < -0.4 is 4.57 Å². The Bertz CT molecular complexity index is 510. The smallest absolute Gasteiger partial charge is 0.239 e. The number of hydrogen-bond acceptors (Lipinski definition) is 0. The molecule has 96 valence electrons. The minimum atomic E-state index is 0.534.